The van der Waals surface area contributed by atoms with E-state index >= 15 is 0 Å². The minimum atomic E-state index is 0. The first-order chi connectivity index (χ1) is 5.36. The number of hydrogen-bond donors (Lipinski definition) is 0. The molecule has 0 saturated carbocycles. The van der Waals surface area contributed by atoms with Crippen LogP contribution in [0.15, 0.2) is 30.8 Å². The number of rotatable bonds is 3. The van der Waals surface area contributed by atoms with E-state index in [9.17, 15) is 0 Å². The van der Waals surface area contributed by atoms with Gasteiger partial charge >= 0.3 is 0 Å². The van der Waals surface area contributed by atoms with E-state index in [0.29, 0.717) is 0 Å². The molecular formula is C11H13Zn-. The molecule has 1 heteroatoms. The number of hydrogen-bond acceptors (Lipinski definition) is 0. The molecule has 0 amide bonds. The predicted molar refractivity (Wildman–Crippen MR) is 50.2 cm³/mol. The average molecular weight is 211 g/mol. The Morgan fingerprint density at radius 2 is 1.83 bits per heavy atom. The van der Waals surface area contributed by atoms with Crippen LogP contribution < -0.4 is 0 Å². The second-order valence-corrected chi connectivity index (χ2v) is 2.55. The van der Waals surface area contributed by atoms with Crippen LogP contribution in [0.25, 0.3) is 6.08 Å². The first-order valence-electron chi connectivity index (χ1n) is 3.87. The summed E-state index contributed by atoms with van der Waals surface area (Å²) in [5.74, 6) is 0. The Morgan fingerprint density at radius 3 is 2.25 bits per heavy atom. The van der Waals surface area contributed by atoms with Crippen molar-refractivity contribution < 1.29 is 19.5 Å². The molecule has 0 bridgehead atoms. The summed E-state index contributed by atoms with van der Waals surface area (Å²) in [6.07, 6.45) is 3.89. The third-order valence-corrected chi connectivity index (χ3v) is 1.68. The molecule has 0 heterocycles. The fourth-order valence-electron chi connectivity index (χ4n) is 1.02. The Hall–Kier alpha value is -0.417. The molecule has 0 nitrogen and oxygen atoms in total. The van der Waals surface area contributed by atoms with Gasteiger partial charge in [-0.15, -0.1) is 0 Å². The van der Waals surface area contributed by atoms with E-state index < -0.39 is 0 Å². The largest absolute Gasteiger partial charge is 0.343 e. The maximum Gasteiger partial charge on any atom is 0 e. The van der Waals surface area contributed by atoms with Gasteiger partial charge < -0.3 is 6.92 Å². The molecular weight excluding hydrogens is 198 g/mol. The first-order valence-corrected chi connectivity index (χ1v) is 3.87. The Bertz CT molecular complexity index is 223. The van der Waals surface area contributed by atoms with Crippen LogP contribution in [0.3, 0.4) is 0 Å². The molecule has 1 aromatic carbocycles. The zero-order chi connectivity index (χ0) is 8.10. The van der Waals surface area contributed by atoms with E-state index in [4.69, 9.17) is 0 Å². The smallest absolute Gasteiger partial charge is 0 e. The normalized spacial score (nSPS) is 8.75. The predicted octanol–water partition coefficient (Wildman–Crippen LogP) is 3.09. The quantitative estimate of drug-likeness (QED) is 0.531. The van der Waals surface area contributed by atoms with E-state index in [0.717, 1.165) is 12.8 Å². The number of aryl methyl sites for hydroxylation is 1. The molecule has 1 aromatic rings. The number of benzene rings is 1. The molecule has 0 atom stereocenters. The monoisotopic (exact) mass is 209 g/mol. The Kier molecular flexibility index (Phi) is 5.93. The molecule has 0 aliphatic carbocycles. The van der Waals surface area contributed by atoms with Gasteiger partial charge in [0, 0.05) is 19.5 Å². The summed E-state index contributed by atoms with van der Waals surface area (Å²) in [5, 5.41) is 0. The Labute approximate surface area is 87.4 Å². The maximum absolute atomic E-state index is 3.80. The van der Waals surface area contributed by atoms with Crippen LogP contribution in [-0.4, -0.2) is 0 Å². The second kappa shape index (κ2) is 6.14. The summed E-state index contributed by atoms with van der Waals surface area (Å²) in [7, 11) is 0. The fourth-order valence-corrected chi connectivity index (χ4v) is 1.02. The van der Waals surface area contributed by atoms with Gasteiger partial charge in [0.25, 0.3) is 0 Å². The molecule has 0 aromatic heterocycles. The summed E-state index contributed by atoms with van der Waals surface area (Å²) >= 11 is 0. The van der Waals surface area contributed by atoms with E-state index in [1.807, 2.05) is 6.08 Å². The molecule has 0 spiro atoms. The van der Waals surface area contributed by atoms with E-state index in [1.54, 1.807) is 0 Å². The van der Waals surface area contributed by atoms with Crippen molar-refractivity contribution in [2.75, 3.05) is 0 Å². The van der Waals surface area contributed by atoms with Gasteiger partial charge in [-0.05, 0) is 5.56 Å². The van der Waals surface area contributed by atoms with Crippen molar-refractivity contribution in [2.24, 2.45) is 0 Å². The third kappa shape index (κ3) is 3.32. The van der Waals surface area contributed by atoms with Gasteiger partial charge in [0.05, 0.1) is 0 Å². The van der Waals surface area contributed by atoms with Crippen molar-refractivity contribution in [3.63, 3.8) is 0 Å². The van der Waals surface area contributed by atoms with Crippen LogP contribution in [0, 0.1) is 6.92 Å². The van der Waals surface area contributed by atoms with Gasteiger partial charge in [0.1, 0.15) is 0 Å². The van der Waals surface area contributed by atoms with Crippen molar-refractivity contribution in [1.29, 1.82) is 0 Å². The van der Waals surface area contributed by atoms with Gasteiger partial charge in [0.15, 0.2) is 0 Å². The van der Waals surface area contributed by atoms with Gasteiger partial charge in [-0.2, -0.15) is 6.42 Å². The van der Waals surface area contributed by atoms with Crippen molar-refractivity contribution in [1.82, 2.24) is 0 Å². The van der Waals surface area contributed by atoms with Crippen LogP contribution in [0.2, 0.25) is 0 Å². The maximum atomic E-state index is 3.80. The van der Waals surface area contributed by atoms with Crippen molar-refractivity contribution in [3.8, 4) is 0 Å². The summed E-state index contributed by atoms with van der Waals surface area (Å²) in [6.45, 7) is 7.50. The molecule has 0 unspecified atom stereocenters. The summed E-state index contributed by atoms with van der Waals surface area (Å²) in [6, 6.07) is 8.42. The molecule has 0 radical (unpaired) electrons. The molecule has 0 fully saturated rings. The summed E-state index contributed by atoms with van der Waals surface area (Å²) < 4.78 is 0. The van der Waals surface area contributed by atoms with Gasteiger partial charge in [0.2, 0.25) is 0 Å². The van der Waals surface area contributed by atoms with Crippen LogP contribution in [0.1, 0.15) is 17.5 Å². The minimum absolute atomic E-state index is 0. The second-order valence-electron chi connectivity index (χ2n) is 2.55. The van der Waals surface area contributed by atoms with Gasteiger partial charge in [-0.1, -0.05) is 48.9 Å². The van der Waals surface area contributed by atoms with Crippen molar-refractivity contribution in [3.05, 3.63) is 48.9 Å². The van der Waals surface area contributed by atoms with Gasteiger partial charge in [-0.25, -0.2) is 0 Å². The third-order valence-electron chi connectivity index (χ3n) is 1.68. The molecule has 0 aliphatic heterocycles. The minimum Gasteiger partial charge on any atom is -0.343 e. The molecule has 0 aliphatic rings. The SMILES string of the molecule is C=Cc1ccc(CC[CH2-])cc1.[Zn]. The molecule has 60 valence electrons. The Morgan fingerprint density at radius 1 is 1.25 bits per heavy atom. The van der Waals surface area contributed by atoms with Crippen molar-refractivity contribution in [2.45, 2.75) is 12.8 Å². The van der Waals surface area contributed by atoms with Crippen molar-refractivity contribution >= 4 is 6.08 Å². The topological polar surface area (TPSA) is 0 Å². The van der Waals surface area contributed by atoms with Gasteiger partial charge in [-0.3, -0.25) is 0 Å². The van der Waals surface area contributed by atoms with E-state index in [-0.39, 0.29) is 19.5 Å². The molecule has 0 N–H and O–H groups in total. The summed E-state index contributed by atoms with van der Waals surface area (Å²) in [5.41, 5.74) is 2.53. The van der Waals surface area contributed by atoms with Crippen LogP contribution in [-0.2, 0) is 25.9 Å². The fraction of sp³-hybridized carbons (Fsp3) is 0.182. The van der Waals surface area contributed by atoms with Crippen LogP contribution >= 0.6 is 0 Å². The molecule has 0 saturated heterocycles. The average Bonchev–Trinajstić information content (AvgIpc) is 2.07. The molecule has 12 heavy (non-hydrogen) atoms. The zero-order valence-corrected chi connectivity index (χ0v) is 10.4. The Balaban J connectivity index is 0.00000121. The first kappa shape index (κ1) is 11.6. The van der Waals surface area contributed by atoms with Crippen LogP contribution in [0.5, 0.6) is 0 Å². The van der Waals surface area contributed by atoms with E-state index in [1.165, 1.54) is 11.1 Å². The summed E-state index contributed by atoms with van der Waals surface area (Å²) in [4.78, 5) is 0. The zero-order valence-electron chi connectivity index (χ0n) is 7.42. The van der Waals surface area contributed by atoms with Crippen LogP contribution in [0.4, 0.5) is 0 Å². The van der Waals surface area contributed by atoms with E-state index in [2.05, 4.69) is 37.8 Å². The standard InChI is InChI=1S/C11H13.Zn/c1-3-5-11-8-6-10(4-2)7-9-11;/h4,6-9H,1-3,5H2;/q-1;. The molecule has 1 rings (SSSR count).